The Morgan fingerprint density at radius 1 is 0.838 bits per heavy atom. The molecule has 0 saturated heterocycles. The number of carbonyl (C=O) groups is 6. The number of primary amides is 2. The minimum absolute atomic E-state index is 0.0113. The van der Waals surface area contributed by atoms with Gasteiger partial charge in [-0.2, -0.15) is 0 Å². The molecule has 204 valence electrons. The molecule has 0 saturated carbocycles. The van der Waals surface area contributed by atoms with Crippen molar-refractivity contribution in [3.63, 3.8) is 0 Å². The Morgan fingerprint density at radius 2 is 1.41 bits per heavy atom. The molecule has 0 aromatic heterocycles. The maximum absolute atomic E-state index is 13.2. The van der Waals surface area contributed by atoms with E-state index in [2.05, 4.69) is 16.0 Å². The van der Waals surface area contributed by atoms with Crippen LogP contribution in [0.3, 0.4) is 0 Å². The highest BCUT2D eigenvalue weighted by atomic mass is 16.4. The van der Waals surface area contributed by atoms with Crippen LogP contribution in [0.4, 0.5) is 0 Å². The maximum atomic E-state index is 13.2. The fourth-order valence-corrected chi connectivity index (χ4v) is 3.24. The molecule has 1 rings (SSSR count). The van der Waals surface area contributed by atoms with E-state index in [0.717, 1.165) is 0 Å². The van der Waals surface area contributed by atoms with Crippen LogP contribution in [0.2, 0.25) is 0 Å². The van der Waals surface area contributed by atoms with E-state index < -0.39 is 72.0 Å². The minimum Gasteiger partial charge on any atom is -0.508 e. The summed E-state index contributed by atoms with van der Waals surface area (Å²) in [5, 5.41) is 25.9. The van der Waals surface area contributed by atoms with Crippen LogP contribution in [0.15, 0.2) is 24.3 Å². The van der Waals surface area contributed by atoms with Crippen LogP contribution in [0.5, 0.6) is 5.75 Å². The number of hydrogen-bond donors (Lipinski definition) is 8. The van der Waals surface area contributed by atoms with E-state index in [1.54, 1.807) is 13.8 Å². The molecule has 11 N–H and O–H groups in total. The molecule has 1 aromatic carbocycles. The summed E-state index contributed by atoms with van der Waals surface area (Å²) in [6.45, 7) is 3.20. The molecule has 5 amide bonds. The fraction of sp³-hybridized carbons (Fsp3) is 0.478. The number of aromatic hydroxyl groups is 1. The Labute approximate surface area is 213 Å². The topological polar surface area (TPSA) is 257 Å². The smallest absolute Gasteiger partial charge is 0.326 e. The molecule has 4 atom stereocenters. The summed E-state index contributed by atoms with van der Waals surface area (Å²) >= 11 is 0. The van der Waals surface area contributed by atoms with Gasteiger partial charge in [-0.15, -0.1) is 0 Å². The lowest BCUT2D eigenvalue weighted by atomic mass is 10.00. The fourth-order valence-electron chi connectivity index (χ4n) is 3.24. The van der Waals surface area contributed by atoms with Crippen LogP contribution >= 0.6 is 0 Å². The second-order valence-corrected chi connectivity index (χ2v) is 8.84. The van der Waals surface area contributed by atoms with Crippen LogP contribution in [0, 0.1) is 5.92 Å². The molecule has 0 aliphatic carbocycles. The van der Waals surface area contributed by atoms with Crippen molar-refractivity contribution >= 4 is 35.5 Å². The third kappa shape index (κ3) is 10.9. The Hall–Kier alpha value is -4.20. The number of carboxylic acids is 1. The van der Waals surface area contributed by atoms with E-state index in [-0.39, 0.29) is 25.0 Å². The Balaban J connectivity index is 3.10. The lowest BCUT2D eigenvalue weighted by Crippen LogP contribution is -2.59. The molecular weight excluding hydrogens is 488 g/mol. The van der Waals surface area contributed by atoms with Crippen molar-refractivity contribution in [1.82, 2.24) is 16.0 Å². The molecule has 0 aliphatic rings. The van der Waals surface area contributed by atoms with Crippen molar-refractivity contribution in [2.75, 3.05) is 0 Å². The average Bonchev–Trinajstić information content (AvgIpc) is 2.80. The molecule has 0 fully saturated rings. The van der Waals surface area contributed by atoms with E-state index in [4.69, 9.17) is 17.2 Å². The van der Waals surface area contributed by atoms with Crippen LogP contribution in [0.1, 0.15) is 38.7 Å². The number of nitrogens with one attached hydrogen (secondary N) is 3. The molecule has 37 heavy (non-hydrogen) atoms. The number of hydrogen-bond acceptors (Lipinski definition) is 8. The first-order chi connectivity index (χ1) is 17.2. The molecule has 14 heteroatoms. The highest BCUT2D eigenvalue weighted by Gasteiger charge is 2.32. The number of phenols is 1. The second kappa shape index (κ2) is 14.4. The number of carboxylic acid groups (broad SMARTS) is 1. The zero-order valence-electron chi connectivity index (χ0n) is 20.6. The van der Waals surface area contributed by atoms with E-state index in [9.17, 15) is 39.0 Å². The van der Waals surface area contributed by atoms with Crippen LogP contribution in [0.25, 0.3) is 0 Å². The van der Waals surface area contributed by atoms with Gasteiger partial charge in [0.1, 0.15) is 23.9 Å². The largest absolute Gasteiger partial charge is 0.508 e. The number of benzene rings is 1. The molecule has 1 aromatic rings. The van der Waals surface area contributed by atoms with Crippen molar-refractivity contribution in [2.45, 2.75) is 63.7 Å². The molecule has 4 unspecified atom stereocenters. The molecule has 0 bridgehead atoms. The summed E-state index contributed by atoms with van der Waals surface area (Å²) in [4.78, 5) is 72.1. The summed E-state index contributed by atoms with van der Waals surface area (Å²) in [6.07, 6.45) is -0.897. The molecule has 0 aliphatic heterocycles. The number of rotatable bonds is 15. The zero-order chi connectivity index (χ0) is 28.3. The van der Waals surface area contributed by atoms with Crippen molar-refractivity contribution < 1.29 is 39.0 Å². The first kappa shape index (κ1) is 30.8. The van der Waals surface area contributed by atoms with Crippen molar-refractivity contribution in [1.29, 1.82) is 0 Å². The van der Waals surface area contributed by atoms with Gasteiger partial charge >= 0.3 is 5.97 Å². The standard InChI is InChI=1S/C23H34N6O8/c1-11(2)19(22(35)28-16(23(36)37)10-18(26)32)29-21(34)15(9-12-3-5-13(30)6-4-12)27-20(33)14(24)7-8-17(25)31/h3-6,11,14-16,19,30H,7-10,24H2,1-2H3,(H2,25,31)(H2,26,32)(H,27,33)(H,28,35)(H,29,34)(H,36,37). The molecule has 0 spiro atoms. The summed E-state index contributed by atoms with van der Waals surface area (Å²) in [5.74, 6) is -5.99. The molecule has 0 heterocycles. The number of aliphatic carboxylic acids is 1. The summed E-state index contributed by atoms with van der Waals surface area (Å²) < 4.78 is 0. The molecule has 14 nitrogen and oxygen atoms in total. The molecular formula is C23H34N6O8. The van der Waals surface area contributed by atoms with Gasteiger partial charge in [-0.25, -0.2) is 4.79 Å². The second-order valence-electron chi connectivity index (χ2n) is 8.84. The number of carbonyl (C=O) groups excluding carboxylic acids is 5. The van der Waals surface area contributed by atoms with E-state index in [0.29, 0.717) is 5.56 Å². The average molecular weight is 523 g/mol. The van der Waals surface area contributed by atoms with Gasteiger partial charge in [-0.1, -0.05) is 26.0 Å². The van der Waals surface area contributed by atoms with Crippen molar-refractivity contribution in [2.24, 2.45) is 23.1 Å². The van der Waals surface area contributed by atoms with E-state index in [1.807, 2.05) is 0 Å². The molecule has 0 radical (unpaired) electrons. The lowest BCUT2D eigenvalue weighted by molar-refractivity contribution is -0.144. The van der Waals surface area contributed by atoms with Gasteiger partial charge in [0.2, 0.25) is 29.5 Å². The van der Waals surface area contributed by atoms with Gasteiger partial charge in [0.25, 0.3) is 0 Å². The number of nitrogens with two attached hydrogens (primary N) is 3. The van der Waals surface area contributed by atoms with Crippen LogP contribution in [-0.2, 0) is 35.2 Å². The minimum atomic E-state index is -1.60. The zero-order valence-corrected chi connectivity index (χ0v) is 20.6. The first-order valence-electron chi connectivity index (χ1n) is 11.4. The highest BCUT2D eigenvalue weighted by molar-refractivity contribution is 5.95. The monoisotopic (exact) mass is 522 g/mol. The van der Waals surface area contributed by atoms with Crippen LogP contribution in [-0.4, -0.2) is 69.9 Å². The van der Waals surface area contributed by atoms with Crippen molar-refractivity contribution in [3.8, 4) is 5.75 Å². The van der Waals surface area contributed by atoms with Gasteiger partial charge < -0.3 is 43.4 Å². The lowest BCUT2D eigenvalue weighted by Gasteiger charge is -2.27. The third-order valence-corrected chi connectivity index (χ3v) is 5.31. The highest BCUT2D eigenvalue weighted by Crippen LogP contribution is 2.13. The maximum Gasteiger partial charge on any atom is 0.326 e. The summed E-state index contributed by atoms with van der Waals surface area (Å²) in [5.41, 5.74) is 16.5. The quantitative estimate of drug-likeness (QED) is 0.122. The summed E-state index contributed by atoms with van der Waals surface area (Å²) in [7, 11) is 0. The SMILES string of the molecule is CC(C)C(NC(=O)C(Cc1ccc(O)cc1)NC(=O)C(N)CCC(N)=O)C(=O)NC(CC(N)=O)C(=O)O. The summed E-state index contributed by atoms with van der Waals surface area (Å²) in [6, 6.07) is 0.637. The van der Waals surface area contributed by atoms with Gasteiger partial charge in [0.05, 0.1) is 12.5 Å². The van der Waals surface area contributed by atoms with Gasteiger partial charge in [0.15, 0.2) is 0 Å². The van der Waals surface area contributed by atoms with E-state index >= 15 is 0 Å². The first-order valence-corrected chi connectivity index (χ1v) is 11.4. The Bertz CT molecular complexity index is 997. The normalized spacial score (nSPS) is 14.1. The van der Waals surface area contributed by atoms with Gasteiger partial charge in [-0.3, -0.25) is 24.0 Å². The third-order valence-electron chi connectivity index (χ3n) is 5.31. The number of phenolic OH excluding ortho intramolecular Hbond substituents is 1. The van der Waals surface area contributed by atoms with E-state index in [1.165, 1.54) is 24.3 Å². The Kier molecular flexibility index (Phi) is 12.0. The van der Waals surface area contributed by atoms with Crippen LogP contribution < -0.4 is 33.2 Å². The predicted octanol–water partition coefficient (Wildman–Crippen LogP) is -2.40. The van der Waals surface area contributed by atoms with Gasteiger partial charge in [-0.05, 0) is 30.0 Å². The number of amides is 5. The van der Waals surface area contributed by atoms with Gasteiger partial charge in [0, 0.05) is 12.8 Å². The predicted molar refractivity (Wildman–Crippen MR) is 130 cm³/mol. The van der Waals surface area contributed by atoms with Crippen molar-refractivity contribution in [3.05, 3.63) is 29.8 Å². The Morgan fingerprint density at radius 3 is 1.89 bits per heavy atom.